The molecule has 0 atom stereocenters. The van der Waals surface area contributed by atoms with Crippen molar-refractivity contribution >= 4 is 17.8 Å². The quantitative estimate of drug-likeness (QED) is 0.699. The van der Waals surface area contributed by atoms with Gasteiger partial charge >= 0.3 is 5.97 Å². The van der Waals surface area contributed by atoms with Crippen molar-refractivity contribution in [3.05, 3.63) is 34.9 Å². The monoisotopic (exact) mass is 208 g/mol. The summed E-state index contributed by atoms with van der Waals surface area (Å²) in [5, 5.41) is 0. The van der Waals surface area contributed by atoms with Crippen LogP contribution in [0.1, 0.15) is 28.4 Å². The molecule has 1 aromatic carbocycles. The molecule has 0 aliphatic heterocycles. The van der Waals surface area contributed by atoms with E-state index in [1.807, 2.05) is 13.0 Å². The molecule has 0 amide bonds. The van der Waals surface area contributed by atoms with Crippen molar-refractivity contribution in [3.63, 3.8) is 0 Å². The second-order valence-electron chi connectivity index (χ2n) is 2.78. The van der Waals surface area contributed by atoms with Crippen molar-refractivity contribution in [1.29, 1.82) is 0 Å². The van der Waals surface area contributed by atoms with Crippen molar-refractivity contribution in [2.75, 3.05) is 0 Å². The number of hydrogen-bond acceptors (Lipinski definition) is 2. The molecule has 0 fully saturated rings. The second-order valence-corrected chi connectivity index (χ2v) is 2.94. The van der Waals surface area contributed by atoms with Crippen LogP contribution in [0, 0.1) is 12.3 Å². The van der Waals surface area contributed by atoms with Crippen LogP contribution in [-0.2, 0) is 10.7 Å². The standard InChI is InChI=1S/C11H9ClO2/c1-3-8-5-9(4-2)7-10(6-8)11(13)14-12/h1,5-7H,4H2,2H3. The van der Waals surface area contributed by atoms with Gasteiger partial charge in [0.25, 0.3) is 0 Å². The summed E-state index contributed by atoms with van der Waals surface area (Å²) in [5.41, 5.74) is 2.02. The highest BCUT2D eigenvalue weighted by molar-refractivity contribution is 6.15. The molecule has 0 N–H and O–H groups in total. The van der Waals surface area contributed by atoms with Gasteiger partial charge in [-0.25, -0.2) is 4.79 Å². The third kappa shape index (κ3) is 2.27. The Balaban J connectivity index is 3.19. The molecular formula is C11H9ClO2. The van der Waals surface area contributed by atoms with Crippen LogP contribution in [0.5, 0.6) is 0 Å². The molecule has 14 heavy (non-hydrogen) atoms. The van der Waals surface area contributed by atoms with Gasteiger partial charge in [0, 0.05) is 5.56 Å². The van der Waals surface area contributed by atoms with E-state index >= 15 is 0 Å². The summed E-state index contributed by atoms with van der Waals surface area (Å²) in [7, 11) is 0. The number of carbonyl (C=O) groups excluding carboxylic acids is 1. The average molecular weight is 209 g/mol. The molecule has 72 valence electrons. The lowest BCUT2D eigenvalue weighted by Crippen LogP contribution is -2.00. The van der Waals surface area contributed by atoms with Crippen LogP contribution in [0.3, 0.4) is 0 Å². The summed E-state index contributed by atoms with van der Waals surface area (Å²) in [5.74, 6) is 1.89. The van der Waals surface area contributed by atoms with Gasteiger partial charge in [0.05, 0.1) is 5.56 Å². The second kappa shape index (κ2) is 4.69. The van der Waals surface area contributed by atoms with Gasteiger partial charge in [-0.2, -0.15) is 0 Å². The molecule has 0 saturated heterocycles. The lowest BCUT2D eigenvalue weighted by atomic mass is 10.0. The van der Waals surface area contributed by atoms with Gasteiger partial charge in [0.1, 0.15) is 11.9 Å². The van der Waals surface area contributed by atoms with Crippen LogP contribution < -0.4 is 0 Å². The maximum absolute atomic E-state index is 11.1. The molecule has 0 aliphatic carbocycles. The molecule has 0 aliphatic rings. The SMILES string of the molecule is C#Cc1cc(CC)cc(C(=O)OCl)c1. The van der Waals surface area contributed by atoms with E-state index in [0.717, 1.165) is 12.0 Å². The number of hydrogen-bond donors (Lipinski definition) is 0. The topological polar surface area (TPSA) is 26.3 Å². The Labute approximate surface area is 88.0 Å². The zero-order valence-corrected chi connectivity index (χ0v) is 8.47. The highest BCUT2D eigenvalue weighted by Gasteiger charge is 2.08. The Kier molecular flexibility index (Phi) is 3.55. The Morgan fingerprint density at radius 1 is 1.57 bits per heavy atom. The van der Waals surface area contributed by atoms with Crippen molar-refractivity contribution in [2.45, 2.75) is 13.3 Å². The van der Waals surface area contributed by atoms with Crippen LogP contribution >= 0.6 is 11.9 Å². The Hall–Kier alpha value is -1.46. The first-order valence-electron chi connectivity index (χ1n) is 4.14. The largest absolute Gasteiger partial charge is 0.356 e. The Morgan fingerprint density at radius 2 is 2.29 bits per heavy atom. The minimum Gasteiger partial charge on any atom is -0.343 e. The predicted molar refractivity (Wildman–Crippen MR) is 55.0 cm³/mol. The van der Waals surface area contributed by atoms with Crippen molar-refractivity contribution in [1.82, 2.24) is 0 Å². The normalized spacial score (nSPS) is 9.21. The third-order valence-electron chi connectivity index (χ3n) is 1.87. The van der Waals surface area contributed by atoms with E-state index in [1.54, 1.807) is 12.1 Å². The first-order chi connectivity index (χ1) is 6.71. The van der Waals surface area contributed by atoms with Gasteiger partial charge in [-0.15, -0.1) is 6.42 Å². The van der Waals surface area contributed by atoms with Gasteiger partial charge < -0.3 is 4.29 Å². The number of aryl methyl sites for hydroxylation is 1. The summed E-state index contributed by atoms with van der Waals surface area (Å²) in [6.45, 7) is 1.98. The summed E-state index contributed by atoms with van der Waals surface area (Å²) in [6, 6.07) is 5.14. The first kappa shape index (κ1) is 10.6. The Bertz CT molecular complexity index is 391. The maximum Gasteiger partial charge on any atom is 0.356 e. The summed E-state index contributed by atoms with van der Waals surface area (Å²) in [4.78, 5) is 11.1. The van der Waals surface area contributed by atoms with Crippen molar-refractivity contribution < 1.29 is 9.08 Å². The van der Waals surface area contributed by atoms with E-state index in [1.165, 1.54) is 0 Å². The van der Waals surface area contributed by atoms with E-state index in [2.05, 4.69) is 10.2 Å². The van der Waals surface area contributed by atoms with Crippen molar-refractivity contribution in [3.8, 4) is 12.3 Å². The van der Waals surface area contributed by atoms with Gasteiger partial charge in [0.15, 0.2) is 0 Å². The first-order valence-corrected chi connectivity index (χ1v) is 4.45. The summed E-state index contributed by atoms with van der Waals surface area (Å²) in [6.07, 6.45) is 6.05. The van der Waals surface area contributed by atoms with Crippen LogP contribution in [0.25, 0.3) is 0 Å². The number of terminal acetylenes is 1. The van der Waals surface area contributed by atoms with Gasteiger partial charge in [-0.1, -0.05) is 12.8 Å². The molecule has 0 aromatic heterocycles. The fraction of sp³-hybridized carbons (Fsp3) is 0.182. The number of benzene rings is 1. The average Bonchev–Trinajstić information content (AvgIpc) is 2.27. The van der Waals surface area contributed by atoms with Gasteiger partial charge in [-0.05, 0) is 30.2 Å². The van der Waals surface area contributed by atoms with Crippen LogP contribution in [0.15, 0.2) is 18.2 Å². The molecule has 0 saturated carbocycles. The summed E-state index contributed by atoms with van der Waals surface area (Å²) < 4.78 is 4.10. The lowest BCUT2D eigenvalue weighted by Gasteiger charge is -2.02. The third-order valence-corrected chi connectivity index (χ3v) is 2.01. The maximum atomic E-state index is 11.1. The van der Waals surface area contributed by atoms with Crippen LogP contribution in [-0.4, -0.2) is 5.97 Å². The highest BCUT2D eigenvalue weighted by Crippen LogP contribution is 2.12. The molecule has 1 rings (SSSR count). The smallest absolute Gasteiger partial charge is 0.343 e. The number of rotatable bonds is 2. The van der Waals surface area contributed by atoms with E-state index < -0.39 is 5.97 Å². The van der Waals surface area contributed by atoms with Crippen molar-refractivity contribution in [2.24, 2.45) is 0 Å². The van der Waals surface area contributed by atoms with E-state index in [-0.39, 0.29) is 0 Å². The number of carbonyl (C=O) groups is 1. The molecule has 0 heterocycles. The van der Waals surface area contributed by atoms with E-state index in [0.29, 0.717) is 11.1 Å². The fourth-order valence-electron chi connectivity index (χ4n) is 1.14. The van der Waals surface area contributed by atoms with Gasteiger partial charge in [0.2, 0.25) is 0 Å². The lowest BCUT2D eigenvalue weighted by molar-refractivity contribution is 0.0751. The minimum atomic E-state index is -0.585. The Morgan fingerprint density at radius 3 is 2.79 bits per heavy atom. The molecule has 2 nitrogen and oxygen atoms in total. The molecule has 1 aromatic rings. The van der Waals surface area contributed by atoms with Crippen LogP contribution in [0.4, 0.5) is 0 Å². The summed E-state index contributed by atoms with van der Waals surface area (Å²) >= 11 is 4.98. The molecule has 0 spiro atoms. The molecular weight excluding hydrogens is 200 g/mol. The molecule has 0 unspecified atom stereocenters. The predicted octanol–water partition coefficient (Wildman–Crippen LogP) is 2.54. The van der Waals surface area contributed by atoms with E-state index in [4.69, 9.17) is 18.3 Å². The molecule has 0 radical (unpaired) electrons. The highest BCUT2D eigenvalue weighted by atomic mass is 35.5. The zero-order chi connectivity index (χ0) is 10.6. The molecule has 0 bridgehead atoms. The zero-order valence-electron chi connectivity index (χ0n) is 7.71. The number of halogens is 1. The van der Waals surface area contributed by atoms with Crippen LogP contribution in [0.2, 0.25) is 0 Å². The minimum absolute atomic E-state index is 0.382. The van der Waals surface area contributed by atoms with E-state index in [9.17, 15) is 4.79 Å². The van der Waals surface area contributed by atoms with Gasteiger partial charge in [-0.3, -0.25) is 0 Å². The molecule has 3 heteroatoms. The fourth-order valence-corrected chi connectivity index (χ4v) is 1.23.